The maximum absolute atomic E-state index is 12.6. The van der Waals surface area contributed by atoms with Crippen LogP contribution in [0.15, 0.2) is 33.7 Å². The molecule has 28 heavy (non-hydrogen) atoms. The Bertz CT molecular complexity index is 891. The topological polar surface area (TPSA) is 112 Å². The normalized spacial score (nSPS) is 19.6. The van der Waals surface area contributed by atoms with Gasteiger partial charge in [-0.15, -0.1) is 12.4 Å². The van der Waals surface area contributed by atoms with E-state index in [-0.39, 0.29) is 12.4 Å². The van der Waals surface area contributed by atoms with Gasteiger partial charge < -0.3 is 15.0 Å². The summed E-state index contributed by atoms with van der Waals surface area (Å²) in [5.74, 6) is 1.16. The van der Waals surface area contributed by atoms with Gasteiger partial charge in [-0.2, -0.15) is 9.29 Å². The minimum absolute atomic E-state index is 0. The van der Waals surface area contributed by atoms with Gasteiger partial charge >= 0.3 is 0 Å². The first-order valence-electron chi connectivity index (χ1n) is 9.26. The summed E-state index contributed by atoms with van der Waals surface area (Å²) in [4.78, 5) is 4.73. The first kappa shape index (κ1) is 21.2. The van der Waals surface area contributed by atoms with E-state index in [2.05, 4.69) is 10.1 Å². The summed E-state index contributed by atoms with van der Waals surface area (Å²) in [6.45, 7) is 1.67. The third-order valence-corrected chi connectivity index (χ3v) is 7.23. The molecule has 0 radical (unpaired) electrons. The first-order valence-corrected chi connectivity index (χ1v) is 10.7. The minimum atomic E-state index is -3.46. The number of nitrogens with zero attached hydrogens (tertiary/aromatic N) is 3. The summed E-state index contributed by atoms with van der Waals surface area (Å²) < 4.78 is 37.3. The van der Waals surface area contributed by atoms with Gasteiger partial charge in [0, 0.05) is 19.5 Å². The van der Waals surface area contributed by atoms with Crippen LogP contribution >= 0.6 is 12.4 Å². The lowest BCUT2D eigenvalue weighted by atomic mass is 9.77. The van der Waals surface area contributed by atoms with E-state index >= 15 is 0 Å². The third-order valence-electron chi connectivity index (χ3n) is 5.32. The van der Waals surface area contributed by atoms with Crippen LogP contribution in [0.3, 0.4) is 0 Å². The number of morpholine rings is 1. The second kappa shape index (κ2) is 8.46. The standard InChI is InChI=1S/C18H24N4O4S.ClH/c19-18(8-1-9-18)17-20-16(26-21-17)7-4-14-2-5-15(6-3-14)27(23,24)22-10-12-25-13-11-22;/h2-3,5-6H,1,4,7-13,19H2;1H. The number of hydrogen-bond acceptors (Lipinski definition) is 7. The Hall–Kier alpha value is -1.52. The van der Waals surface area contributed by atoms with E-state index < -0.39 is 15.6 Å². The van der Waals surface area contributed by atoms with E-state index in [0.29, 0.717) is 55.8 Å². The number of halogens is 1. The van der Waals surface area contributed by atoms with Crippen LogP contribution in [-0.4, -0.2) is 49.2 Å². The summed E-state index contributed by atoms with van der Waals surface area (Å²) in [5.41, 5.74) is 6.81. The zero-order valence-electron chi connectivity index (χ0n) is 15.5. The van der Waals surface area contributed by atoms with Crippen LogP contribution in [0.1, 0.15) is 36.5 Å². The molecule has 1 aliphatic carbocycles. The fourth-order valence-electron chi connectivity index (χ4n) is 3.36. The lowest BCUT2D eigenvalue weighted by Crippen LogP contribution is -2.44. The predicted molar refractivity (Wildman–Crippen MR) is 105 cm³/mol. The van der Waals surface area contributed by atoms with Crippen LogP contribution in [0.5, 0.6) is 0 Å². The van der Waals surface area contributed by atoms with Crippen molar-refractivity contribution in [2.75, 3.05) is 26.3 Å². The average molecular weight is 429 g/mol. The number of aromatic nitrogens is 2. The van der Waals surface area contributed by atoms with Gasteiger partial charge in [-0.3, -0.25) is 0 Å². The van der Waals surface area contributed by atoms with Crippen molar-refractivity contribution in [1.29, 1.82) is 0 Å². The summed E-state index contributed by atoms with van der Waals surface area (Å²) >= 11 is 0. The molecule has 2 aromatic rings. The summed E-state index contributed by atoms with van der Waals surface area (Å²) in [5, 5.41) is 4.01. The van der Waals surface area contributed by atoms with Crippen molar-refractivity contribution in [3.8, 4) is 0 Å². The molecule has 10 heteroatoms. The highest BCUT2D eigenvalue weighted by Gasteiger charge is 2.38. The summed E-state index contributed by atoms with van der Waals surface area (Å²) in [7, 11) is -3.46. The molecule has 2 N–H and O–H groups in total. The lowest BCUT2D eigenvalue weighted by molar-refractivity contribution is 0.0730. The van der Waals surface area contributed by atoms with Crippen molar-refractivity contribution in [1.82, 2.24) is 14.4 Å². The molecule has 1 aromatic carbocycles. The predicted octanol–water partition coefficient (Wildman–Crippen LogP) is 1.64. The second-order valence-corrected chi connectivity index (χ2v) is 9.12. The molecule has 0 unspecified atom stereocenters. The van der Waals surface area contributed by atoms with Crippen molar-refractivity contribution < 1.29 is 17.7 Å². The van der Waals surface area contributed by atoms with E-state index in [1.807, 2.05) is 12.1 Å². The molecule has 8 nitrogen and oxygen atoms in total. The largest absolute Gasteiger partial charge is 0.379 e. The van der Waals surface area contributed by atoms with Crippen LogP contribution in [-0.2, 0) is 33.1 Å². The number of ether oxygens (including phenoxy) is 1. The molecule has 0 atom stereocenters. The number of rotatable bonds is 6. The monoisotopic (exact) mass is 428 g/mol. The number of hydrogen-bond donors (Lipinski definition) is 1. The Balaban J connectivity index is 0.00000225. The molecule has 1 saturated heterocycles. The first-order chi connectivity index (χ1) is 13.0. The van der Waals surface area contributed by atoms with Crippen molar-refractivity contribution in [2.45, 2.75) is 42.5 Å². The van der Waals surface area contributed by atoms with Gasteiger partial charge in [0.2, 0.25) is 15.9 Å². The zero-order valence-corrected chi connectivity index (χ0v) is 17.2. The van der Waals surface area contributed by atoms with Crippen molar-refractivity contribution in [3.05, 3.63) is 41.5 Å². The smallest absolute Gasteiger partial charge is 0.243 e. The summed E-state index contributed by atoms with van der Waals surface area (Å²) in [6.07, 6.45) is 4.17. The average Bonchev–Trinajstić information content (AvgIpc) is 3.15. The van der Waals surface area contributed by atoms with E-state index in [1.165, 1.54) is 4.31 Å². The summed E-state index contributed by atoms with van der Waals surface area (Å²) in [6, 6.07) is 6.98. The molecular weight excluding hydrogens is 404 g/mol. The van der Waals surface area contributed by atoms with E-state index in [1.54, 1.807) is 12.1 Å². The highest BCUT2D eigenvalue weighted by molar-refractivity contribution is 7.89. The van der Waals surface area contributed by atoms with Crippen LogP contribution in [0.25, 0.3) is 0 Å². The molecular formula is C18H25ClN4O4S. The number of nitrogens with two attached hydrogens (primary N) is 1. The van der Waals surface area contributed by atoms with Crippen LogP contribution in [0, 0.1) is 0 Å². The molecule has 2 fully saturated rings. The fourth-order valence-corrected chi connectivity index (χ4v) is 4.76. The van der Waals surface area contributed by atoms with Crippen molar-refractivity contribution >= 4 is 22.4 Å². The molecule has 154 valence electrons. The van der Waals surface area contributed by atoms with Gasteiger partial charge in [-0.25, -0.2) is 8.42 Å². The second-order valence-electron chi connectivity index (χ2n) is 7.18. The van der Waals surface area contributed by atoms with Gasteiger partial charge in [-0.1, -0.05) is 17.3 Å². The zero-order chi connectivity index (χ0) is 18.9. The molecule has 1 aliphatic heterocycles. The molecule has 1 saturated carbocycles. The maximum Gasteiger partial charge on any atom is 0.243 e. The Morgan fingerprint density at radius 1 is 1.11 bits per heavy atom. The van der Waals surface area contributed by atoms with E-state index in [0.717, 1.165) is 24.8 Å². The highest BCUT2D eigenvalue weighted by atomic mass is 35.5. The third kappa shape index (κ3) is 4.23. The van der Waals surface area contributed by atoms with Gasteiger partial charge in [0.25, 0.3) is 0 Å². The molecule has 2 aliphatic rings. The van der Waals surface area contributed by atoms with Crippen LogP contribution in [0.4, 0.5) is 0 Å². The number of sulfonamides is 1. The molecule has 4 rings (SSSR count). The molecule has 0 bridgehead atoms. The Morgan fingerprint density at radius 3 is 2.39 bits per heavy atom. The minimum Gasteiger partial charge on any atom is -0.379 e. The maximum atomic E-state index is 12.6. The SMILES string of the molecule is Cl.NC1(c2noc(CCc3ccc(S(=O)(=O)N4CCOCC4)cc3)n2)CCC1. The molecule has 1 aromatic heterocycles. The van der Waals surface area contributed by atoms with Crippen LogP contribution in [0.2, 0.25) is 0 Å². The Kier molecular flexibility index (Phi) is 6.41. The molecule has 0 amide bonds. The lowest BCUT2D eigenvalue weighted by Gasteiger charge is -2.34. The number of benzene rings is 1. The quantitative estimate of drug-likeness (QED) is 0.744. The van der Waals surface area contributed by atoms with E-state index in [4.69, 9.17) is 15.0 Å². The molecule has 0 spiro atoms. The van der Waals surface area contributed by atoms with Crippen molar-refractivity contribution in [2.24, 2.45) is 5.73 Å². The van der Waals surface area contributed by atoms with E-state index in [9.17, 15) is 8.42 Å². The van der Waals surface area contributed by atoms with Gasteiger partial charge in [0.05, 0.1) is 23.6 Å². The number of aryl methyl sites for hydroxylation is 2. The van der Waals surface area contributed by atoms with Crippen LogP contribution < -0.4 is 5.73 Å². The molecule has 2 heterocycles. The Morgan fingerprint density at radius 2 is 1.79 bits per heavy atom. The highest BCUT2D eigenvalue weighted by Crippen LogP contribution is 2.36. The Labute approximate surface area is 170 Å². The fraction of sp³-hybridized carbons (Fsp3) is 0.556. The van der Waals surface area contributed by atoms with Gasteiger partial charge in [0.1, 0.15) is 0 Å². The van der Waals surface area contributed by atoms with Gasteiger partial charge in [0.15, 0.2) is 5.82 Å². The van der Waals surface area contributed by atoms with Crippen molar-refractivity contribution in [3.63, 3.8) is 0 Å². The van der Waals surface area contributed by atoms with Gasteiger partial charge in [-0.05, 0) is 43.4 Å².